The van der Waals surface area contributed by atoms with Crippen LogP contribution in [0.25, 0.3) is 21.8 Å². The third-order valence-electron chi connectivity index (χ3n) is 4.99. The Morgan fingerprint density at radius 3 is 1.48 bits per heavy atom. The summed E-state index contributed by atoms with van der Waals surface area (Å²) in [7, 11) is 0. The second-order valence-electron chi connectivity index (χ2n) is 6.68. The smallest absolute Gasteiger partial charge is 0.149 e. The molecule has 3 nitrogen and oxygen atoms in total. The molecule has 0 aliphatic heterocycles. The number of fused-ring (bicyclic) bond motifs is 2. The SMILES string of the molecule is Cc1nc2c(F)cccc2c(Oc2c(C)c(C)nc3c(F)cccc23)c1C. The molecule has 2 heterocycles. The standard InChI is InChI=1S/C22H18F2N2O/c1-11-13(3)25-19-15(7-5-9-17(19)23)21(11)27-22-12(2)14(4)26-20-16(22)8-6-10-18(20)24/h5-10H,1-4H3. The highest BCUT2D eigenvalue weighted by molar-refractivity contribution is 5.90. The van der Waals surface area contributed by atoms with E-state index in [4.69, 9.17) is 4.74 Å². The number of aromatic nitrogens is 2. The molecule has 5 heteroatoms. The Kier molecular flexibility index (Phi) is 4.02. The van der Waals surface area contributed by atoms with Crippen molar-refractivity contribution in [2.45, 2.75) is 27.7 Å². The van der Waals surface area contributed by atoms with Gasteiger partial charge in [-0.15, -0.1) is 0 Å². The molecule has 136 valence electrons. The number of hydrogen-bond acceptors (Lipinski definition) is 3. The molecule has 2 aromatic heterocycles. The molecule has 0 atom stereocenters. The molecule has 4 rings (SSSR count). The molecule has 0 unspecified atom stereocenters. The van der Waals surface area contributed by atoms with Crippen molar-refractivity contribution >= 4 is 21.8 Å². The number of halogens is 2. The van der Waals surface area contributed by atoms with E-state index in [1.54, 1.807) is 24.3 Å². The van der Waals surface area contributed by atoms with Crippen LogP contribution >= 0.6 is 0 Å². The van der Waals surface area contributed by atoms with Gasteiger partial charge in [0.1, 0.15) is 34.2 Å². The zero-order valence-corrected chi connectivity index (χ0v) is 15.5. The van der Waals surface area contributed by atoms with Gasteiger partial charge in [0.05, 0.1) is 0 Å². The summed E-state index contributed by atoms with van der Waals surface area (Å²) < 4.78 is 34.9. The number of para-hydroxylation sites is 2. The molecule has 0 saturated heterocycles. The van der Waals surface area contributed by atoms with E-state index in [-0.39, 0.29) is 11.0 Å². The zero-order valence-electron chi connectivity index (χ0n) is 15.5. The Hall–Kier alpha value is -3.08. The van der Waals surface area contributed by atoms with Crippen molar-refractivity contribution in [1.82, 2.24) is 9.97 Å². The lowest BCUT2D eigenvalue weighted by molar-refractivity contribution is 0.483. The molecule has 0 N–H and O–H groups in total. The maximum atomic E-state index is 14.3. The first-order valence-electron chi connectivity index (χ1n) is 8.67. The third-order valence-corrected chi connectivity index (χ3v) is 4.99. The summed E-state index contributed by atoms with van der Waals surface area (Å²) >= 11 is 0. The van der Waals surface area contributed by atoms with E-state index in [0.717, 1.165) is 11.1 Å². The minimum atomic E-state index is -0.404. The Morgan fingerprint density at radius 2 is 1.07 bits per heavy atom. The van der Waals surface area contributed by atoms with Gasteiger partial charge in [-0.2, -0.15) is 0 Å². The Balaban J connectivity index is 2.04. The molecule has 0 fully saturated rings. The maximum Gasteiger partial charge on any atom is 0.149 e. The molecule has 0 radical (unpaired) electrons. The van der Waals surface area contributed by atoms with Crippen molar-refractivity contribution in [3.63, 3.8) is 0 Å². The number of benzene rings is 2. The maximum absolute atomic E-state index is 14.3. The van der Waals surface area contributed by atoms with Crippen molar-refractivity contribution in [2.24, 2.45) is 0 Å². The lowest BCUT2D eigenvalue weighted by atomic mass is 10.1. The second kappa shape index (κ2) is 6.27. The lowest BCUT2D eigenvalue weighted by Crippen LogP contribution is -2.01. The molecule has 0 amide bonds. The molecule has 0 aliphatic rings. The Labute approximate surface area is 155 Å². The summed E-state index contributed by atoms with van der Waals surface area (Å²) in [6.07, 6.45) is 0. The van der Waals surface area contributed by atoms with Crippen LogP contribution in [0, 0.1) is 39.3 Å². The average Bonchev–Trinajstić information content (AvgIpc) is 2.64. The van der Waals surface area contributed by atoms with Crippen LogP contribution < -0.4 is 4.74 Å². The van der Waals surface area contributed by atoms with Gasteiger partial charge in [-0.25, -0.2) is 18.7 Å². The molecule has 27 heavy (non-hydrogen) atoms. The van der Waals surface area contributed by atoms with E-state index >= 15 is 0 Å². The summed E-state index contributed by atoms with van der Waals surface area (Å²) in [4.78, 5) is 8.73. The Bertz CT molecular complexity index is 1120. The first-order valence-corrected chi connectivity index (χ1v) is 8.67. The zero-order chi connectivity index (χ0) is 19.3. The number of nitrogens with zero attached hydrogens (tertiary/aromatic N) is 2. The van der Waals surface area contributed by atoms with Crippen LogP contribution in [0.1, 0.15) is 22.5 Å². The van der Waals surface area contributed by atoms with Crippen molar-refractivity contribution in [3.8, 4) is 11.5 Å². The fourth-order valence-electron chi connectivity index (χ4n) is 3.23. The fraction of sp³-hybridized carbons (Fsp3) is 0.182. The van der Waals surface area contributed by atoms with E-state index in [1.165, 1.54) is 12.1 Å². The van der Waals surface area contributed by atoms with E-state index < -0.39 is 11.6 Å². The van der Waals surface area contributed by atoms with Gasteiger partial charge in [-0.05, 0) is 52.0 Å². The summed E-state index contributed by atoms with van der Waals surface area (Å²) in [5.41, 5.74) is 3.50. The summed E-state index contributed by atoms with van der Waals surface area (Å²) in [6, 6.07) is 9.56. The third kappa shape index (κ3) is 2.70. The van der Waals surface area contributed by atoms with Crippen LogP contribution in [0.4, 0.5) is 8.78 Å². The summed E-state index contributed by atoms with van der Waals surface area (Å²) in [5.74, 6) is 0.241. The fourth-order valence-corrected chi connectivity index (χ4v) is 3.23. The number of rotatable bonds is 2. The van der Waals surface area contributed by atoms with Crippen molar-refractivity contribution < 1.29 is 13.5 Å². The molecule has 0 bridgehead atoms. The first-order chi connectivity index (χ1) is 12.9. The van der Waals surface area contributed by atoms with Gasteiger partial charge in [-0.1, -0.05) is 12.1 Å². The quantitative estimate of drug-likeness (QED) is 0.432. The van der Waals surface area contributed by atoms with Crippen LogP contribution in [-0.4, -0.2) is 9.97 Å². The Morgan fingerprint density at radius 1 is 0.667 bits per heavy atom. The summed E-state index contributed by atoms with van der Waals surface area (Å²) in [6.45, 7) is 7.40. The molecule has 4 aromatic rings. The van der Waals surface area contributed by atoms with Crippen molar-refractivity contribution in [3.05, 3.63) is 70.5 Å². The minimum absolute atomic E-state index is 0.259. The van der Waals surface area contributed by atoms with E-state index in [9.17, 15) is 8.78 Å². The number of pyridine rings is 2. The topological polar surface area (TPSA) is 35.0 Å². The van der Waals surface area contributed by atoms with Crippen LogP contribution in [0.5, 0.6) is 11.5 Å². The number of ether oxygens (including phenoxy) is 1. The van der Waals surface area contributed by atoms with Crippen molar-refractivity contribution in [1.29, 1.82) is 0 Å². The second-order valence-corrected chi connectivity index (χ2v) is 6.68. The van der Waals surface area contributed by atoms with Gasteiger partial charge in [0.2, 0.25) is 0 Å². The highest BCUT2D eigenvalue weighted by Crippen LogP contribution is 2.39. The monoisotopic (exact) mass is 364 g/mol. The molecule has 0 spiro atoms. The van der Waals surface area contributed by atoms with E-state index in [0.29, 0.717) is 33.7 Å². The normalized spacial score (nSPS) is 11.3. The number of hydrogen-bond donors (Lipinski definition) is 0. The van der Waals surface area contributed by atoms with Crippen molar-refractivity contribution in [2.75, 3.05) is 0 Å². The van der Waals surface area contributed by atoms with Gasteiger partial charge in [0.15, 0.2) is 0 Å². The van der Waals surface area contributed by atoms with E-state index in [1.807, 2.05) is 27.7 Å². The largest absolute Gasteiger partial charge is 0.455 e. The predicted molar refractivity (Wildman–Crippen MR) is 102 cm³/mol. The number of aryl methyl sites for hydroxylation is 2. The van der Waals surface area contributed by atoms with Crippen LogP contribution in [0.2, 0.25) is 0 Å². The van der Waals surface area contributed by atoms with E-state index in [2.05, 4.69) is 9.97 Å². The highest BCUT2D eigenvalue weighted by Gasteiger charge is 2.19. The first kappa shape index (κ1) is 17.3. The summed E-state index contributed by atoms with van der Waals surface area (Å²) in [5, 5.41) is 1.16. The van der Waals surface area contributed by atoms with Gasteiger partial charge in [0.25, 0.3) is 0 Å². The van der Waals surface area contributed by atoms with Crippen LogP contribution in [-0.2, 0) is 0 Å². The molecule has 0 aliphatic carbocycles. The minimum Gasteiger partial charge on any atom is -0.455 e. The highest BCUT2D eigenvalue weighted by atomic mass is 19.1. The molecule has 2 aromatic carbocycles. The molecular formula is C22H18F2N2O. The predicted octanol–water partition coefficient (Wildman–Crippen LogP) is 6.09. The van der Waals surface area contributed by atoms with Gasteiger partial charge in [-0.3, -0.25) is 0 Å². The van der Waals surface area contributed by atoms with Gasteiger partial charge in [0, 0.05) is 33.3 Å². The van der Waals surface area contributed by atoms with Crippen LogP contribution in [0.3, 0.4) is 0 Å². The molecular weight excluding hydrogens is 346 g/mol. The average molecular weight is 364 g/mol. The lowest BCUT2D eigenvalue weighted by Gasteiger charge is -2.18. The molecule has 0 saturated carbocycles. The van der Waals surface area contributed by atoms with Gasteiger partial charge >= 0.3 is 0 Å². The van der Waals surface area contributed by atoms with Gasteiger partial charge < -0.3 is 4.74 Å². The van der Waals surface area contributed by atoms with Crippen LogP contribution in [0.15, 0.2) is 36.4 Å².